The second-order valence-electron chi connectivity index (χ2n) is 7.63. The summed E-state index contributed by atoms with van der Waals surface area (Å²) in [6.07, 6.45) is 6.50. The van der Waals surface area contributed by atoms with E-state index in [-0.39, 0.29) is 5.82 Å². The quantitative estimate of drug-likeness (QED) is 0.447. The highest BCUT2D eigenvalue weighted by atomic mass is 19.1. The van der Waals surface area contributed by atoms with Gasteiger partial charge in [-0.05, 0) is 53.5 Å². The molecule has 0 unspecified atom stereocenters. The van der Waals surface area contributed by atoms with Crippen LogP contribution in [0, 0.1) is 5.82 Å². The van der Waals surface area contributed by atoms with Gasteiger partial charge in [-0.1, -0.05) is 72.2 Å². The van der Waals surface area contributed by atoms with Crippen LogP contribution in [0.2, 0.25) is 0 Å². The van der Waals surface area contributed by atoms with E-state index in [1.54, 1.807) is 12.1 Å². The average Bonchev–Trinajstić information content (AvgIpc) is 2.61. The Morgan fingerprint density at radius 3 is 2.12 bits per heavy atom. The third-order valence-corrected chi connectivity index (χ3v) is 4.86. The molecule has 0 atom stereocenters. The lowest BCUT2D eigenvalue weighted by Crippen LogP contribution is -2.10. The fraction of sp³-hybridized carbons (Fsp3) is 0.458. The highest BCUT2D eigenvalue weighted by Crippen LogP contribution is 2.37. The van der Waals surface area contributed by atoms with Crippen LogP contribution in [0.4, 0.5) is 4.39 Å². The molecule has 0 saturated carbocycles. The fourth-order valence-electron chi connectivity index (χ4n) is 3.53. The predicted octanol–water partition coefficient (Wildman–Crippen LogP) is 7.51. The van der Waals surface area contributed by atoms with Crippen molar-refractivity contribution in [2.45, 2.75) is 72.1 Å². The van der Waals surface area contributed by atoms with Crippen LogP contribution >= 0.6 is 0 Å². The van der Waals surface area contributed by atoms with Crippen LogP contribution in [0.25, 0.3) is 17.2 Å². The zero-order chi connectivity index (χ0) is 19.3. The monoisotopic (exact) mass is 353 g/mol. The second-order valence-corrected chi connectivity index (χ2v) is 7.63. The molecule has 1 aromatic heterocycles. The summed E-state index contributed by atoms with van der Waals surface area (Å²) in [7, 11) is 0. The highest BCUT2D eigenvalue weighted by molar-refractivity contribution is 5.76. The number of aromatic nitrogens is 1. The molecule has 0 N–H and O–H groups in total. The molecular weight excluding hydrogens is 321 g/mol. The zero-order valence-corrected chi connectivity index (χ0v) is 16.9. The molecule has 2 rings (SSSR count). The molecule has 0 bridgehead atoms. The molecular formula is C24H32FN. The van der Waals surface area contributed by atoms with Crippen molar-refractivity contribution in [3.05, 3.63) is 59.2 Å². The summed E-state index contributed by atoms with van der Waals surface area (Å²) >= 11 is 0. The molecule has 0 aliphatic heterocycles. The summed E-state index contributed by atoms with van der Waals surface area (Å²) in [5.41, 5.74) is 6.95. The van der Waals surface area contributed by atoms with Gasteiger partial charge < -0.3 is 0 Å². The molecule has 0 spiro atoms. The van der Waals surface area contributed by atoms with Gasteiger partial charge in [0, 0.05) is 5.56 Å². The van der Waals surface area contributed by atoms with Gasteiger partial charge in [-0.2, -0.15) is 0 Å². The Morgan fingerprint density at radius 2 is 1.62 bits per heavy atom. The molecule has 1 nitrogen and oxygen atoms in total. The first kappa shape index (κ1) is 20.4. The van der Waals surface area contributed by atoms with Gasteiger partial charge in [0.25, 0.3) is 0 Å². The van der Waals surface area contributed by atoms with Gasteiger partial charge in [-0.3, -0.25) is 4.98 Å². The standard InChI is InChI=1S/C24H32FN/c1-7-9-10-11-21-20(8-2)23(16(3)4)26-24(17(5)6)22(21)18-12-14-19(25)15-13-18/h8,12-17H,2,7,9-11H2,1,3-6H3. The number of nitrogens with zero attached hydrogens (tertiary/aromatic N) is 1. The molecule has 0 aliphatic carbocycles. The Balaban J connectivity index is 2.78. The van der Waals surface area contributed by atoms with Crippen molar-refractivity contribution in [2.75, 3.05) is 0 Å². The first-order valence-electron chi connectivity index (χ1n) is 9.85. The molecule has 1 heterocycles. The van der Waals surface area contributed by atoms with Crippen molar-refractivity contribution >= 4 is 6.08 Å². The van der Waals surface area contributed by atoms with E-state index in [1.165, 1.54) is 29.5 Å². The number of unbranched alkanes of at least 4 members (excludes halogenated alkanes) is 2. The molecule has 0 fully saturated rings. The summed E-state index contributed by atoms with van der Waals surface area (Å²) in [4.78, 5) is 5.07. The van der Waals surface area contributed by atoms with Crippen LogP contribution < -0.4 is 0 Å². The van der Waals surface area contributed by atoms with E-state index in [0.717, 1.165) is 29.8 Å². The number of hydrogen-bond donors (Lipinski definition) is 0. The third-order valence-electron chi connectivity index (χ3n) is 4.86. The molecule has 2 heteroatoms. The largest absolute Gasteiger partial charge is 0.256 e. The van der Waals surface area contributed by atoms with Crippen molar-refractivity contribution in [2.24, 2.45) is 0 Å². The maximum Gasteiger partial charge on any atom is 0.123 e. The van der Waals surface area contributed by atoms with Crippen LogP contribution in [0.3, 0.4) is 0 Å². The normalized spacial score (nSPS) is 11.4. The third kappa shape index (κ3) is 4.41. The van der Waals surface area contributed by atoms with Gasteiger partial charge in [0.2, 0.25) is 0 Å². The van der Waals surface area contributed by atoms with E-state index >= 15 is 0 Å². The predicted molar refractivity (Wildman–Crippen MR) is 111 cm³/mol. The van der Waals surface area contributed by atoms with Crippen LogP contribution in [-0.4, -0.2) is 4.98 Å². The van der Waals surface area contributed by atoms with E-state index in [0.29, 0.717) is 11.8 Å². The van der Waals surface area contributed by atoms with Crippen molar-refractivity contribution < 1.29 is 4.39 Å². The van der Waals surface area contributed by atoms with Crippen molar-refractivity contribution in [3.63, 3.8) is 0 Å². The minimum atomic E-state index is -0.205. The van der Waals surface area contributed by atoms with Gasteiger partial charge in [0.15, 0.2) is 0 Å². The average molecular weight is 354 g/mol. The number of hydrogen-bond acceptors (Lipinski definition) is 1. The molecule has 0 aliphatic rings. The number of pyridine rings is 1. The Morgan fingerprint density at radius 1 is 1.00 bits per heavy atom. The number of halogens is 1. The molecule has 0 amide bonds. The molecule has 26 heavy (non-hydrogen) atoms. The Labute approximate surface area is 158 Å². The van der Waals surface area contributed by atoms with Crippen LogP contribution in [0.5, 0.6) is 0 Å². The van der Waals surface area contributed by atoms with Crippen LogP contribution in [0.15, 0.2) is 30.8 Å². The van der Waals surface area contributed by atoms with Gasteiger partial charge in [-0.15, -0.1) is 0 Å². The SMILES string of the molecule is C=Cc1c(C(C)C)nc(C(C)C)c(-c2ccc(F)cc2)c1CCCCC. The lowest BCUT2D eigenvalue weighted by Gasteiger charge is -2.23. The summed E-state index contributed by atoms with van der Waals surface area (Å²) in [5, 5.41) is 0. The summed E-state index contributed by atoms with van der Waals surface area (Å²) < 4.78 is 13.5. The van der Waals surface area contributed by atoms with E-state index in [4.69, 9.17) is 4.98 Å². The lowest BCUT2D eigenvalue weighted by molar-refractivity contribution is 0.628. The van der Waals surface area contributed by atoms with Gasteiger partial charge in [0.05, 0.1) is 11.4 Å². The maximum atomic E-state index is 13.5. The lowest BCUT2D eigenvalue weighted by atomic mass is 9.85. The zero-order valence-electron chi connectivity index (χ0n) is 16.9. The van der Waals surface area contributed by atoms with Gasteiger partial charge >= 0.3 is 0 Å². The first-order valence-corrected chi connectivity index (χ1v) is 9.85. The van der Waals surface area contributed by atoms with Crippen molar-refractivity contribution in [1.82, 2.24) is 4.98 Å². The second kappa shape index (κ2) is 9.12. The molecule has 0 saturated heterocycles. The van der Waals surface area contributed by atoms with Crippen LogP contribution in [0.1, 0.15) is 88.2 Å². The van der Waals surface area contributed by atoms with E-state index in [9.17, 15) is 4.39 Å². The molecule has 140 valence electrons. The summed E-state index contributed by atoms with van der Waals surface area (Å²) in [6.45, 7) is 15.1. The Kier molecular flexibility index (Phi) is 7.14. The number of rotatable bonds is 8. The topological polar surface area (TPSA) is 12.9 Å². The Bertz CT molecular complexity index is 742. The fourth-order valence-corrected chi connectivity index (χ4v) is 3.53. The minimum Gasteiger partial charge on any atom is -0.256 e. The Hall–Kier alpha value is -1.96. The number of benzene rings is 1. The van der Waals surface area contributed by atoms with E-state index in [2.05, 4.69) is 41.2 Å². The summed E-state index contributed by atoms with van der Waals surface area (Å²) in [5.74, 6) is 0.437. The van der Waals surface area contributed by atoms with Crippen LogP contribution in [-0.2, 0) is 6.42 Å². The minimum absolute atomic E-state index is 0.205. The van der Waals surface area contributed by atoms with E-state index in [1.807, 2.05) is 18.2 Å². The van der Waals surface area contributed by atoms with Gasteiger partial charge in [0.1, 0.15) is 5.82 Å². The highest BCUT2D eigenvalue weighted by Gasteiger charge is 2.22. The van der Waals surface area contributed by atoms with E-state index < -0.39 is 0 Å². The molecule has 1 aromatic carbocycles. The first-order chi connectivity index (χ1) is 12.4. The summed E-state index contributed by atoms with van der Waals surface area (Å²) in [6, 6.07) is 6.84. The van der Waals surface area contributed by atoms with Gasteiger partial charge in [-0.25, -0.2) is 4.39 Å². The molecule has 0 radical (unpaired) electrons. The smallest absolute Gasteiger partial charge is 0.123 e. The van der Waals surface area contributed by atoms with Crippen molar-refractivity contribution in [3.8, 4) is 11.1 Å². The maximum absolute atomic E-state index is 13.5. The van der Waals surface area contributed by atoms with Crippen molar-refractivity contribution in [1.29, 1.82) is 0 Å². The molecule has 2 aromatic rings.